The SMILES string of the molecule is NC1CC(NC(CO)CO)C(OC2OC(CO)C(O)C(N)C2O)C(O)C1C1OC(CNCC(O)CO)C(O)C(O)C1N. The van der Waals surface area contributed by atoms with Gasteiger partial charge >= 0.3 is 0 Å². The topological polar surface area (TPSA) is 332 Å². The maximum Gasteiger partial charge on any atom is 0.186 e. The van der Waals surface area contributed by atoms with Gasteiger partial charge in [0.05, 0.1) is 69.0 Å². The molecule has 0 amide bonds. The van der Waals surface area contributed by atoms with Gasteiger partial charge in [0.25, 0.3) is 0 Å². The Balaban J connectivity index is 1.87. The van der Waals surface area contributed by atoms with Crippen molar-refractivity contribution < 1.29 is 65.3 Å². The highest BCUT2D eigenvalue weighted by Gasteiger charge is 2.55. The summed E-state index contributed by atoms with van der Waals surface area (Å²) in [4.78, 5) is 0. The lowest BCUT2D eigenvalue weighted by Crippen LogP contribution is -2.72. The van der Waals surface area contributed by atoms with Crippen LogP contribution in [0.2, 0.25) is 0 Å². The highest BCUT2D eigenvalue weighted by Crippen LogP contribution is 2.37. The summed E-state index contributed by atoms with van der Waals surface area (Å²) in [5.74, 6) is -1.02. The first kappa shape index (κ1) is 35.8. The minimum atomic E-state index is -1.58. The minimum absolute atomic E-state index is 0.0308. The Morgan fingerprint density at radius 2 is 1.45 bits per heavy atom. The molecule has 3 fully saturated rings. The van der Waals surface area contributed by atoms with Crippen LogP contribution in [0, 0.1) is 5.92 Å². The van der Waals surface area contributed by atoms with E-state index in [0.29, 0.717) is 0 Å². The van der Waals surface area contributed by atoms with Gasteiger partial charge in [-0.1, -0.05) is 0 Å². The van der Waals surface area contributed by atoms with Crippen molar-refractivity contribution in [3.8, 4) is 0 Å². The zero-order valence-corrected chi connectivity index (χ0v) is 23.2. The van der Waals surface area contributed by atoms with Gasteiger partial charge in [0, 0.05) is 31.1 Å². The van der Waals surface area contributed by atoms with E-state index >= 15 is 0 Å². The number of hydrogen-bond acceptors (Lipinski definition) is 18. The van der Waals surface area contributed by atoms with Crippen molar-refractivity contribution in [3.05, 3.63) is 0 Å². The summed E-state index contributed by atoms with van der Waals surface area (Å²) in [5, 5.41) is 107. The number of rotatable bonds is 13. The molecule has 1 aliphatic carbocycles. The molecular formula is C24H49N5O13. The molecule has 2 saturated heterocycles. The predicted octanol–water partition coefficient (Wildman–Crippen LogP) is -9.08. The Hall–Kier alpha value is -0.720. The molecular weight excluding hydrogens is 566 g/mol. The first-order valence-corrected chi connectivity index (χ1v) is 14.1. The Morgan fingerprint density at radius 1 is 0.786 bits per heavy atom. The van der Waals surface area contributed by atoms with Crippen molar-refractivity contribution in [1.82, 2.24) is 10.6 Å². The molecule has 18 N–H and O–H groups in total. The quantitative estimate of drug-likeness (QED) is 0.0914. The van der Waals surface area contributed by atoms with Gasteiger partial charge < -0.3 is 93.1 Å². The van der Waals surface area contributed by atoms with Crippen molar-refractivity contribution >= 4 is 0 Å². The Morgan fingerprint density at radius 3 is 2.05 bits per heavy atom. The van der Waals surface area contributed by atoms with Gasteiger partial charge in [-0.25, -0.2) is 0 Å². The zero-order chi connectivity index (χ0) is 31.3. The van der Waals surface area contributed by atoms with Crippen LogP contribution < -0.4 is 27.8 Å². The monoisotopic (exact) mass is 615 g/mol. The molecule has 0 aromatic heterocycles. The van der Waals surface area contributed by atoms with Gasteiger partial charge in [-0.3, -0.25) is 0 Å². The molecule has 2 aliphatic heterocycles. The highest BCUT2D eigenvalue weighted by molar-refractivity contribution is 5.08. The molecule has 0 aromatic rings. The second-order valence-corrected chi connectivity index (χ2v) is 11.4. The second kappa shape index (κ2) is 16.0. The molecule has 3 aliphatic rings. The van der Waals surface area contributed by atoms with E-state index in [-0.39, 0.29) is 19.5 Å². The van der Waals surface area contributed by atoms with Gasteiger partial charge in [-0.05, 0) is 6.42 Å². The van der Waals surface area contributed by atoms with Crippen molar-refractivity contribution in [2.75, 3.05) is 39.5 Å². The van der Waals surface area contributed by atoms with E-state index < -0.39 is 130 Å². The molecule has 18 heteroatoms. The van der Waals surface area contributed by atoms with Crippen LogP contribution in [0.5, 0.6) is 0 Å². The fourth-order valence-electron chi connectivity index (χ4n) is 5.91. The zero-order valence-electron chi connectivity index (χ0n) is 23.2. The van der Waals surface area contributed by atoms with Crippen LogP contribution >= 0.6 is 0 Å². The predicted molar refractivity (Wildman–Crippen MR) is 142 cm³/mol. The largest absolute Gasteiger partial charge is 0.395 e. The molecule has 0 aromatic carbocycles. The lowest BCUT2D eigenvalue weighted by molar-refractivity contribution is -0.308. The molecule has 2 heterocycles. The molecule has 0 radical (unpaired) electrons. The van der Waals surface area contributed by atoms with Gasteiger partial charge in [-0.15, -0.1) is 0 Å². The Labute approximate surface area is 243 Å². The van der Waals surface area contributed by atoms with E-state index in [1.54, 1.807) is 0 Å². The van der Waals surface area contributed by atoms with Crippen LogP contribution in [-0.4, -0.2) is 188 Å². The number of nitrogens with one attached hydrogen (secondary N) is 2. The molecule has 3 rings (SSSR count). The summed E-state index contributed by atoms with van der Waals surface area (Å²) >= 11 is 0. The molecule has 0 spiro atoms. The minimum Gasteiger partial charge on any atom is -0.395 e. The van der Waals surface area contributed by atoms with Crippen molar-refractivity contribution in [3.63, 3.8) is 0 Å². The highest BCUT2D eigenvalue weighted by atomic mass is 16.7. The van der Waals surface area contributed by atoms with Crippen molar-refractivity contribution in [1.29, 1.82) is 0 Å². The lowest BCUT2D eigenvalue weighted by Gasteiger charge is -2.52. The van der Waals surface area contributed by atoms with E-state index in [1.165, 1.54) is 0 Å². The number of ether oxygens (including phenoxy) is 3. The lowest BCUT2D eigenvalue weighted by atomic mass is 9.71. The van der Waals surface area contributed by atoms with Crippen LogP contribution in [0.3, 0.4) is 0 Å². The summed E-state index contributed by atoms with van der Waals surface area (Å²) in [7, 11) is 0. The van der Waals surface area contributed by atoms with Crippen LogP contribution in [0.15, 0.2) is 0 Å². The first-order valence-electron chi connectivity index (χ1n) is 14.1. The van der Waals surface area contributed by atoms with E-state index in [1.807, 2.05) is 0 Å². The first-order chi connectivity index (χ1) is 19.9. The number of hydrogen-bond donors (Lipinski definition) is 15. The molecule has 42 heavy (non-hydrogen) atoms. The molecule has 1 saturated carbocycles. The third kappa shape index (κ3) is 7.91. The fraction of sp³-hybridized carbons (Fsp3) is 1.00. The van der Waals surface area contributed by atoms with Crippen LogP contribution in [0.1, 0.15) is 6.42 Å². The van der Waals surface area contributed by atoms with Crippen LogP contribution in [0.25, 0.3) is 0 Å². The fourth-order valence-corrected chi connectivity index (χ4v) is 5.91. The van der Waals surface area contributed by atoms with Crippen molar-refractivity contribution in [2.24, 2.45) is 23.1 Å². The maximum atomic E-state index is 11.7. The molecule has 16 atom stereocenters. The smallest absolute Gasteiger partial charge is 0.186 e. The molecule has 0 bridgehead atoms. The second-order valence-electron chi connectivity index (χ2n) is 11.4. The average molecular weight is 616 g/mol. The van der Waals surface area contributed by atoms with E-state index in [0.717, 1.165) is 0 Å². The summed E-state index contributed by atoms with van der Waals surface area (Å²) < 4.78 is 17.6. The average Bonchev–Trinajstić information content (AvgIpc) is 2.97. The Kier molecular flexibility index (Phi) is 13.6. The van der Waals surface area contributed by atoms with E-state index in [2.05, 4.69) is 10.6 Å². The number of nitrogens with two attached hydrogens (primary N) is 3. The van der Waals surface area contributed by atoms with Crippen molar-refractivity contribution in [2.45, 2.75) is 104 Å². The normalized spacial score (nSPS) is 45.7. The summed E-state index contributed by atoms with van der Waals surface area (Å²) in [5.41, 5.74) is 18.7. The van der Waals surface area contributed by atoms with Gasteiger partial charge in [-0.2, -0.15) is 0 Å². The summed E-state index contributed by atoms with van der Waals surface area (Å²) in [6, 6.07) is -5.01. The van der Waals surface area contributed by atoms with Crippen LogP contribution in [-0.2, 0) is 14.2 Å². The van der Waals surface area contributed by atoms with Crippen LogP contribution in [0.4, 0.5) is 0 Å². The third-order valence-corrected chi connectivity index (χ3v) is 8.42. The molecule has 248 valence electrons. The summed E-state index contributed by atoms with van der Waals surface area (Å²) in [6.07, 6.45) is -14.6. The van der Waals surface area contributed by atoms with Gasteiger partial charge in [0.2, 0.25) is 0 Å². The summed E-state index contributed by atoms with van der Waals surface area (Å²) in [6.45, 7) is -2.16. The molecule has 16 unspecified atom stereocenters. The van der Waals surface area contributed by atoms with Gasteiger partial charge in [0.1, 0.15) is 36.6 Å². The van der Waals surface area contributed by atoms with E-state index in [4.69, 9.17) is 36.5 Å². The maximum absolute atomic E-state index is 11.7. The standard InChI is InChI=1S/C24H49N5O13/c25-10-1-11(29-8(4-30)5-31)22(42-24-21(39)15(26)17(35)13(7-33)41-24)19(37)14(10)23-16(27)20(38)18(36)12(40-23)3-28-2-9(34)6-32/h8-24,28-39H,1-7,25-27H2. The third-order valence-electron chi connectivity index (χ3n) is 8.42. The van der Waals surface area contributed by atoms with E-state index in [9.17, 15) is 46.0 Å². The van der Waals surface area contributed by atoms with Gasteiger partial charge in [0.15, 0.2) is 6.29 Å². The number of aliphatic hydroxyl groups excluding tert-OH is 10. The Bertz CT molecular complexity index is 804. The number of aliphatic hydroxyl groups is 10. The molecule has 18 nitrogen and oxygen atoms in total.